The molecule has 0 saturated carbocycles. The first kappa shape index (κ1) is 21.6. The van der Waals surface area contributed by atoms with Crippen LogP contribution in [0.4, 0.5) is 5.69 Å². The van der Waals surface area contributed by atoms with Gasteiger partial charge in [0.25, 0.3) is 22.0 Å². The van der Waals surface area contributed by atoms with Crippen molar-refractivity contribution in [1.29, 1.82) is 0 Å². The first-order chi connectivity index (χ1) is 15.3. The number of nitrogens with one attached hydrogen (secondary N) is 2. The van der Waals surface area contributed by atoms with E-state index in [1.807, 2.05) is 0 Å². The van der Waals surface area contributed by atoms with Crippen LogP contribution in [0, 0.1) is 0 Å². The fourth-order valence-electron chi connectivity index (χ4n) is 5.36. The van der Waals surface area contributed by atoms with Gasteiger partial charge < -0.3 is 21.1 Å². The highest BCUT2D eigenvalue weighted by Gasteiger charge is 2.49. The van der Waals surface area contributed by atoms with Crippen LogP contribution in [-0.4, -0.2) is 72.7 Å². The molecule has 0 aliphatic carbocycles. The van der Waals surface area contributed by atoms with Crippen molar-refractivity contribution < 1.29 is 22.7 Å². The smallest absolute Gasteiger partial charge is 0.282 e. The van der Waals surface area contributed by atoms with E-state index in [1.165, 1.54) is 0 Å². The zero-order valence-corrected chi connectivity index (χ0v) is 18.6. The molecular formula is C21H29N5O5S. The number of rotatable bonds is 4. The number of ether oxygens (including phenoxy) is 1. The summed E-state index contributed by atoms with van der Waals surface area (Å²) in [7, 11) is -3.52. The highest BCUT2D eigenvalue weighted by molar-refractivity contribution is 7.86. The summed E-state index contributed by atoms with van der Waals surface area (Å²) in [5.74, 6) is 0.0469. The second-order valence-corrected chi connectivity index (χ2v) is 11.0. The lowest BCUT2D eigenvalue weighted by Gasteiger charge is -2.41. The molecular weight excluding hydrogens is 434 g/mol. The molecule has 5 rings (SSSR count). The molecule has 4 aliphatic rings. The summed E-state index contributed by atoms with van der Waals surface area (Å²) in [6.07, 6.45) is 4.19. The molecule has 0 radical (unpaired) electrons. The number of anilines is 1. The molecule has 10 nitrogen and oxygen atoms in total. The van der Waals surface area contributed by atoms with Crippen LogP contribution in [0.15, 0.2) is 18.2 Å². The maximum atomic E-state index is 13.3. The molecule has 4 heterocycles. The van der Waals surface area contributed by atoms with Gasteiger partial charge in [-0.25, -0.2) is 0 Å². The summed E-state index contributed by atoms with van der Waals surface area (Å²) >= 11 is 0. The van der Waals surface area contributed by atoms with Gasteiger partial charge in [0.15, 0.2) is 6.61 Å². The molecule has 0 aromatic heterocycles. The maximum Gasteiger partial charge on any atom is 0.282 e. The number of hydrogen-bond acceptors (Lipinski definition) is 6. The minimum absolute atomic E-state index is 0.0347. The van der Waals surface area contributed by atoms with Crippen LogP contribution in [0.25, 0.3) is 0 Å². The van der Waals surface area contributed by atoms with Crippen LogP contribution in [0.3, 0.4) is 0 Å². The molecule has 2 amide bonds. The molecule has 4 aliphatic heterocycles. The highest BCUT2D eigenvalue weighted by atomic mass is 32.2. The third-order valence-electron chi connectivity index (χ3n) is 6.97. The molecule has 3 fully saturated rings. The van der Waals surface area contributed by atoms with Crippen LogP contribution >= 0.6 is 0 Å². The molecule has 3 atom stereocenters. The number of carbonyl (C=O) groups is 2. The molecule has 32 heavy (non-hydrogen) atoms. The Morgan fingerprint density at radius 2 is 1.81 bits per heavy atom. The Morgan fingerprint density at radius 1 is 1.12 bits per heavy atom. The first-order valence-electron chi connectivity index (χ1n) is 11.2. The van der Waals surface area contributed by atoms with Gasteiger partial charge in [0.2, 0.25) is 0 Å². The van der Waals surface area contributed by atoms with E-state index in [1.54, 1.807) is 26.8 Å². The van der Waals surface area contributed by atoms with Crippen molar-refractivity contribution in [2.24, 2.45) is 5.73 Å². The van der Waals surface area contributed by atoms with Crippen LogP contribution in [-0.2, 0) is 15.0 Å². The molecule has 1 aromatic rings. The third-order valence-corrected chi connectivity index (χ3v) is 9.11. The third kappa shape index (κ3) is 3.98. The standard InChI is InChI=1S/C21H29N5O5S/c22-14-5-7-25(8-6-14)32(29,30)26-16-2-3-17(26)11-15(10-16)23-21(28)13-1-4-19-18(9-13)24-20(27)12-31-19/h1,4,9,14-17H,2-3,5-8,10-12,22H2,(H,23,28)(H,24,27)/t15-,16-,17+. The number of carbonyl (C=O) groups excluding carboxylic acids is 2. The second kappa shape index (κ2) is 8.29. The second-order valence-electron chi connectivity index (χ2n) is 9.15. The van der Waals surface area contributed by atoms with Crippen molar-refractivity contribution in [3.05, 3.63) is 23.8 Å². The first-order valence-corrected chi connectivity index (χ1v) is 12.6. The average molecular weight is 464 g/mol. The van der Waals surface area contributed by atoms with Crippen LogP contribution in [0.5, 0.6) is 5.75 Å². The topological polar surface area (TPSA) is 134 Å². The number of hydrogen-bond donors (Lipinski definition) is 3. The summed E-state index contributed by atoms with van der Waals surface area (Å²) < 4.78 is 35.2. The Morgan fingerprint density at radius 3 is 2.50 bits per heavy atom. The molecule has 2 bridgehead atoms. The summed E-state index contributed by atoms with van der Waals surface area (Å²) in [5, 5.41) is 5.78. The van der Waals surface area contributed by atoms with Crippen molar-refractivity contribution in [2.45, 2.75) is 62.7 Å². The predicted molar refractivity (Wildman–Crippen MR) is 117 cm³/mol. The number of piperidine rings is 2. The van der Waals surface area contributed by atoms with Gasteiger partial charge in [0, 0.05) is 42.8 Å². The summed E-state index contributed by atoms with van der Waals surface area (Å²) in [6.45, 7) is 0.906. The van der Waals surface area contributed by atoms with Crippen molar-refractivity contribution in [2.75, 3.05) is 25.0 Å². The van der Waals surface area contributed by atoms with E-state index in [9.17, 15) is 18.0 Å². The Balaban J connectivity index is 1.24. The van der Waals surface area contributed by atoms with Gasteiger partial charge in [0.1, 0.15) is 5.75 Å². The number of nitrogens with two attached hydrogens (primary N) is 1. The van der Waals surface area contributed by atoms with E-state index in [4.69, 9.17) is 10.5 Å². The van der Waals surface area contributed by atoms with Gasteiger partial charge in [0.05, 0.1) is 5.69 Å². The summed E-state index contributed by atoms with van der Waals surface area (Å²) in [5.41, 5.74) is 6.85. The Kier molecular flexibility index (Phi) is 5.60. The Bertz CT molecular complexity index is 1010. The SMILES string of the molecule is NC1CCN(S(=O)(=O)N2[C@@H]3CC[C@H]2C[C@H](NC(=O)c2ccc4c(c2)NC(=O)CO4)C3)CC1. The largest absolute Gasteiger partial charge is 0.482 e. The number of benzene rings is 1. The quantitative estimate of drug-likeness (QED) is 0.592. The lowest BCUT2D eigenvalue weighted by molar-refractivity contribution is -0.118. The monoisotopic (exact) mass is 463 g/mol. The zero-order chi connectivity index (χ0) is 22.5. The van der Waals surface area contributed by atoms with E-state index < -0.39 is 10.2 Å². The van der Waals surface area contributed by atoms with Gasteiger partial charge in [-0.15, -0.1) is 0 Å². The molecule has 0 spiro atoms. The number of fused-ring (bicyclic) bond motifs is 3. The predicted octanol–water partition coefficient (Wildman–Crippen LogP) is 0.411. The minimum Gasteiger partial charge on any atom is -0.482 e. The van der Waals surface area contributed by atoms with E-state index in [0.717, 1.165) is 12.8 Å². The van der Waals surface area contributed by atoms with E-state index in [2.05, 4.69) is 10.6 Å². The molecule has 1 aromatic carbocycles. The average Bonchev–Trinajstić information content (AvgIpc) is 3.05. The van der Waals surface area contributed by atoms with Crippen molar-refractivity contribution in [1.82, 2.24) is 13.9 Å². The highest BCUT2D eigenvalue weighted by Crippen LogP contribution is 2.39. The molecule has 3 saturated heterocycles. The maximum absolute atomic E-state index is 13.3. The van der Waals surface area contributed by atoms with Crippen molar-refractivity contribution in [3.63, 3.8) is 0 Å². The van der Waals surface area contributed by atoms with Crippen LogP contribution in [0.1, 0.15) is 48.9 Å². The number of nitrogens with zero attached hydrogens (tertiary/aromatic N) is 2. The molecule has 174 valence electrons. The van der Waals surface area contributed by atoms with Gasteiger partial charge in [-0.2, -0.15) is 17.0 Å². The Labute approximate surface area is 187 Å². The molecule has 0 unspecified atom stereocenters. The molecule has 4 N–H and O–H groups in total. The van der Waals surface area contributed by atoms with E-state index in [-0.39, 0.29) is 42.6 Å². The van der Waals surface area contributed by atoms with Crippen molar-refractivity contribution >= 4 is 27.7 Å². The lowest BCUT2D eigenvalue weighted by atomic mass is 9.99. The summed E-state index contributed by atoms with van der Waals surface area (Å²) in [6, 6.07) is 4.72. The van der Waals surface area contributed by atoms with Gasteiger partial charge >= 0.3 is 0 Å². The Hall–Kier alpha value is -2.21. The normalized spacial score (nSPS) is 29.2. The zero-order valence-electron chi connectivity index (χ0n) is 17.8. The van der Waals surface area contributed by atoms with Gasteiger partial charge in [-0.1, -0.05) is 0 Å². The summed E-state index contributed by atoms with van der Waals surface area (Å²) in [4.78, 5) is 24.4. The lowest BCUT2D eigenvalue weighted by Crippen LogP contribution is -2.57. The van der Waals surface area contributed by atoms with E-state index >= 15 is 0 Å². The molecule has 11 heteroatoms. The van der Waals surface area contributed by atoms with Gasteiger partial charge in [-0.05, 0) is 56.7 Å². The van der Waals surface area contributed by atoms with E-state index in [0.29, 0.717) is 55.8 Å². The fourth-order valence-corrected chi connectivity index (χ4v) is 7.44. The van der Waals surface area contributed by atoms with Crippen LogP contribution in [0.2, 0.25) is 0 Å². The fraction of sp³-hybridized carbons (Fsp3) is 0.619. The van der Waals surface area contributed by atoms with Crippen LogP contribution < -0.4 is 21.1 Å². The minimum atomic E-state index is -3.52. The number of amides is 2. The van der Waals surface area contributed by atoms with Gasteiger partial charge in [-0.3, -0.25) is 9.59 Å². The van der Waals surface area contributed by atoms with Crippen molar-refractivity contribution in [3.8, 4) is 5.75 Å².